The van der Waals surface area contributed by atoms with Crippen molar-refractivity contribution >= 4 is 11.6 Å². The van der Waals surface area contributed by atoms with Gasteiger partial charge in [-0.25, -0.2) is 0 Å². The van der Waals surface area contributed by atoms with E-state index in [-0.39, 0.29) is 5.91 Å². The summed E-state index contributed by atoms with van der Waals surface area (Å²) in [7, 11) is 0. The molecule has 2 rings (SSSR count). The van der Waals surface area contributed by atoms with Crippen molar-refractivity contribution in [2.75, 3.05) is 5.32 Å². The number of nitrogens with two attached hydrogens (primary N) is 1. The molecule has 0 aromatic heterocycles. The van der Waals surface area contributed by atoms with Crippen LogP contribution in [0.25, 0.3) is 0 Å². The van der Waals surface area contributed by atoms with Gasteiger partial charge in [-0.05, 0) is 31.0 Å². The number of fused-ring (bicyclic) bond motifs is 1. The van der Waals surface area contributed by atoms with Crippen molar-refractivity contribution in [3.63, 3.8) is 0 Å². The van der Waals surface area contributed by atoms with E-state index in [0.29, 0.717) is 0 Å². The summed E-state index contributed by atoms with van der Waals surface area (Å²) in [5.74, 6) is -0.108. The quantitative estimate of drug-likeness (QED) is 0.625. The molecule has 0 fully saturated rings. The number of nitrogens with one attached hydrogen (secondary N) is 1. The smallest absolute Gasteiger partial charge is 0.245 e. The highest BCUT2D eigenvalue weighted by Crippen LogP contribution is 2.32. The van der Waals surface area contributed by atoms with Crippen LogP contribution in [0.3, 0.4) is 0 Å². The van der Waals surface area contributed by atoms with E-state index in [0.717, 1.165) is 22.4 Å². The number of aryl methyl sites for hydroxylation is 2. The summed E-state index contributed by atoms with van der Waals surface area (Å²) < 4.78 is 0. The fourth-order valence-electron chi connectivity index (χ4n) is 1.84. The lowest BCUT2D eigenvalue weighted by molar-refractivity contribution is -0.116. The average Bonchev–Trinajstić information content (AvgIpc) is 2.27. The SMILES string of the molecule is Cc1cc(C)c2c(c1)NC(=O)[C@H]2N. The summed E-state index contributed by atoms with van der Waals surface area (Å²) in [4.78, 5) is 11.3. The highest BCUT2D eigenvalue weighted by atomic mass is 16.2. The van der Waals surface area contributed by atoms with Crippen LogP contribution < -0.4 is 11.1 Å². The van der Waals surface area contributed by atoms with Gasteiger partial charge in [0, 0.05) is 11.3 Å². The Hall–Kier alpha value is -1.35. The highest BCUT2D eigenvalue weighted by Gasteiger charge is 2.28. The lowest BCUT2D eigenvalue weighted by Gasteiger charge is -2.06. The number of hydrogen-bond acceptors (Lipinski definition) is 2. The Labute approximate surface area is 76.9 Å². The number of benzene rings is 1. The van der Waals surface area contributed by atoms with Gasteiger partial charge in [-0.2, -0.15) is 0 Å². The third kappa shape index (κ3) is 1.12. The van der Waals surface area contributed by atoms with E-state index in [1.54, 1.807) is 0 Å². The van der Waals surface area contributed by atoms with Gasteiger partial charge in [0.2, 0.25) is 5.91 Å². The Kier molecular flexibility index (Phi) is 1.63. The fourth-order valence-corrected chi connectivity index (χ4v) is 1.84. The van der Waals surface area contributed by atoms with Gasteiger partial charge in [0.25, 0.3) is 0 Å². The van der Waals surface area contributed by atoms with Gasteiger partial charge in [-0.15, -0.1) is 0 Å². The summed E-state index contributed by atoms with van der Waals surface area (Å²) in [6, 6.07) is 3.50. The molecule has 1 aliphatic heterocycles. The molecule has 0 saturated heterocycles. The zero-order valence-electron chi connectivity index (χ0n) is 7.72. The van der Waals surface area contributed by atoms with Crippen molar-refractivity contribution in [3.05, 3.63) is 28.8 Å². The summed E-state index contributed by atoms with van der Waals surface area (Å²) in [6.07, 6.45) is 0. The topological polar surface area (TPSA) is 55.1 Å². The minimum absolute atomic E-state index is 0.108. The monoisotopic (exact) mass is 176 g/mol. The highest BCUT2D eigenvalue weighted by molar-refractivity contribution is 6.03. The fraction of sp³-hybridized carbons (Fsp3) is 0.300. The predicted molar refractivity (Wildman–Crippen MR) is 51.5 cm³/mol. The van der Waals surface area contributed by atoms with Crippen LogP contribution in [0, 0.1) is 13.8 Å². The van der Waals surface area contributed by atoms with E-state index in [4.69, 9.17) is 5.73 Å². The molecular formula is C10H12N2O. The lowest BCUT2D eigenvalue weighted by atomic mass is 10.0. The van der Waals surface area contributed by atoms with Crippen molar-refractivity contribution in [2.24, 2.45) is 5.73 Å². The van der Waals surface area contributed by atoms with Gasteiger partial charge in [-0.3, -0.25) is 4.79 Å². The Balaban J connectivity index is 2.64. The standard InChI is InChI=1S/C10H12N2O/c1-5-3-6(2)8-7(4-5)12-10(13)9(8)11/h3-4,9H,11H2,1-2H3,(H,12,13)/t9-/m0/s1. The van der Waals surface area contributed by atoms with Gasteiger partial charge in [-0.1, -0.05) is 6.07 Å². The molecule has 0 unspecified atom stereocenters. The second-order valence-electron chi connectivity index (χ2n) is 3.51. The number of carbonyl (C=O) groups excluding carboxylic acids is 1. The third-order valence-electron chi connectivity index (χ3n) is 2.38. The van der Waals surface area contributed by atoms with Crippen molar-refractivity contribution < 1.29 is 4.79 Å². The van der Waals surface area contributed by atoms with Crippen LogP contribution in [-0.2, 0) is 4.79 Å². The lowest BCUT2D eigenvalue weighted by Crippen LogP contribution is -2.20. The van der Waals surface area contributed by atoms with Gasteiger partial charge in [0.15, 0.2) is 0 Å². The first-order valence-electron chi connectivity index (χ1n) is 4.27. The second-order valence-corrected chi connectivity index (χ2v) is 3.51. The zero-order valence-corrected chi connectivity index (χ0v) is 7.72. The molecule has 13 heavy (non-hydrogen) atoms. The molecular weight excluding hydrogens is 164 g/mol. The van der Waals surface area contributed by atoms with Crippen LogP contribution in [0.5, 0.6) is 0 Å². The van der Waals surface area contributed by atoms with Crippen LogP contribution in [0.1, 0.15) is 22.7 Å². The molecule has 0 bridgehead atoms. The Morgan fingerprint density at radius 1 is 1.38 bits per heavy atom. The van der Waals surface area contributed by atoms with Crippen LogP contribution in [0.4, 0.5) is 5.69 Å². The first-order valence-corrected chi connectivity index (χ1v) is 4.27. The molecule has 0 radical (unpaired) electrons. The number of amides is 1. The number of anilines is 1. The van der Waals surface area contributed by atoms with Crippen molar-refractivity contribution in [1.82, 2.24) is 0 Å². The minimum atomic E-state index is -0.490. The van der Waals surface area contributed by atoms with E-state index >= 15 is 0 Å². The van der Waals surface area contributed by atoms with Crippen molar-refractivity contribution in [2.45, 2.75) is 19.9 Å². The molecule has 1 heterocycles. The molecule has 0 saturated carbocycles. The molecule has 3 nitrogen and oxygen atoms in total. The summed E-state index contributed by atoms with van der Waals surface area (Å²) in [5.41, 5.74) is 9.77. The average molecular weight is 176 g/mol. The maximum Gasteiger partial charge on any atom is 0.245 e. The van der Waals surface area contributed by atoms with Gasteiger partial charge < -0.3 is 11.1 Å². The Morgan fingerprint density at radius 2 is 2.08 bits per heavy atom. The first-order chi connectivity index (χ1) is 6.09. The summed E-state index contributed by atoms with van der Waals surface area (Å²) >= 11 is 0. The van der Waals surface area contributed by atoms with Crippen LogP contribution in [-0.4, -0.2) is 5.91 Å². The second kappa shape index (κ2) is 2.57. The van der Waals surface area contributed by atoms with E-state index in [1.165, 1.54) is 0 Å². The van der Waals surface area contributed by atoms with Gasteiger partial charge >= 0.3 is 0 Å². The molecule has 1 aromatic rings. The largest absolute Gasteiger partial charge is 0.324 e. The summed E-state index contributed by atoms with van der Waals surface area (Å²) in [6.45, 7) is 3.98. The van der Waals surface area contributed by atoms with Gasteiger partial charge in [0.1, 0.15) is 6.04 Å². The van der Waals surface area contributed by atoms with E-state index in [9.17, 15) is 4.79 Å². The number of rotatable bonds is 0. The first kappa shape index (κ1) is 8.26. The number of hydrogen-bond donors (Lipinski definition) is 2. The molecule has 1 amide bonds. The molecule has 3 heteroatoms. The Morgan fingerprint density at radius 3 is 2.77 bits per heavy atom. The molecule has 68 valence electrons. The van der Waals surface area contributed by atoms with Crippen LogP contribution >= 0.6 is 0 Å². The van der Waals surface area contributed by atoms with Crippen LogP contribution in [0.15, 0.2) is 12.1 Å². The number of carbonyl (C=O) groups is 1. The minimum Gasteiger partial charge on any atom is -0.324 e. The maximum absolute atomic E-state index is 11.3. The van der Waals surface area contributed by atoms with E-state index < -0.39 is 6.04 Å². The molecule has 1 atom stereocenters. The van der Waals surface area contributed by atoms with Gasteiger partial charge in [0.05, 0.1) is 0 Å². The van der Waals surface area contributed by atoms with E-state index in [2.05, 4.69) is 5.32 Å². The maximum atomic E-state index is 11.3. The third-order valence-corrected chi connectivity index (χ3v) is 2.38. The summed E-state index contributed by atoms with van der Waals surface area (Å²) in [5, 5.41) is 2.76. The molecule has 3 N–H and O–H groups in total. The normalized spacial score (nSPS) is 19.9. The molecule has 1 aromatic carbocycles. The molecule has 0 spiro atoms. The molecule has 0 aliphatic carbocycles. The predicted octanol–water partition coefficient (Wildman–Crippen LogP) is 1.26. The zero-order chi connectivity index (χ0) is 9.59. The Bertz CT molecular complexity index is 385. The van der Waals surface area contributed by atoms with Crippen molar-refractivity contribution in [3.8, 4) is 0 Å². The van der Waals surface area contributed by atoms with E-state index in [1.807, 2.05) is 26.0 Å². The van der Waals surface area contributed by atoms with Crippen molar-refractivity contribution in [1.29, 1.82) is 0 Å². The molecule has 1 aliphatic rings. The van der Waals surface area contributed by atoms with Crippen LogP contribution in [0.2, 0.25) is 0 Å².